The molecule has 4 atom stereocenters. The van der Waals surface area contributed by atoms with E-state index in [1.54, 1.807) is 12.1 Å². The lowest BCUT2D eigenvalue weighted by Gasteiger charge is -2.58. The van der Waals surface area contributed by atoms with Crippen molar-refractivity contribution in [2.45, 2.75) is 87.6 Å². The summed E-state index contributed by atoms with van der Waals surface area (Å²) in [7, 11) is 0. The Balaban J connectivity index is 1.10. The molecule has 6 aliphatic rings. The number of benzene rings is 1. The van der Waals surface area contributed by atoms with Gasteiger partial charge in [0.2, 0.25) is 0 Å². The summed E-state index contributed by atoms with van der Waals surface area (Å²) in [6, 6.07) is 6.95. The number of piperidine rings is 1. The molecule has 1 aromatic rings. The van der Waals surface area contributed by atoms with Crippen molar-refractivity contribution in [1.82, 2.24) is 10.2 Å². The number of ether oxygens (including phenoxy) is 1. The van der Waals surface area contributed by atoms with Gasteiger partial charge >= 0.3 is 6.03 Å². The van der Waals surface area contributed by atoms with Crippen LogP contribution in [0, 0.1) is 23.6 Å². The van der Waals surface area contributed by atoms with Gasteiger partial charge in [0.1, 0.15) is 17.7 Å². The normalized spacial score (nSPS) is 43.7. The Kier molecular flexibility index (Phi) is 4.31. The SMILES string of the molecule is O=C(NC1C2CC3CC1CC(O)(C3)C2)N1C2CCC1CC(Oc1ccc(F)cc1)C2. The standard InChI is InChI=1S/C24H31FN2O3/c25-17-1-5-20(6-2-17)30-21-9-18-3-4-19(10-21)27(18)23(28)26-22-15-7-14-8-16(22)13-24(29,11-14)12-15/h1-2,5-6,14-16,18-19,21-22,29H,3-4,7-13H2,(H,26,28). The number of carbonyl (C=O) groups excluding carboxylic acids is 1. The predicted molar refractivity (Wildman–Crippen MR) is 110 cm³/mol. The lowest BCUT2D eigenvalue weighted by molar-refractivity contribution is -0.137. The first-order valence-corrected chi connectivity index (χ1v) is 11.7. The van der Waals surface area contributed by atoms with Crippen molar-refractivity contribution in [2.75, 3.05) is 0 Å². The molecule has 2 aliphatic heterocycles. The van der Waals surface area contributed by atoms with Crippen LogP contribution in [0.4, 0.5) is 9.18 Å². The number of fused-ring (bicyclic) bond motifs is 2. The van der Waals surface area contributed by atoms with E-state index in [1.807, 2.05) is 0 Å². The number of hydrogen-bond donors (Lipinski definition) is 2. The van der Waals surface area contributed by atoms with Crippen LogP contribution in [-0.4, -0.2) is 45.9 Å². The Labute approximate surface area is 177 Å². The first-order valence-electron chi connectivity index (χ1n) is 11.7. The number of nitrogens with zero attached hydrogens (tertiary/aromatic N) is 1. The highest BCUT2D eigenvalue weighted by molar-refractivity contribution is 5.76. The summed E-state index contributed by atoms with van der Waals surface area (Å²) in [6.07, 6.45) is 8.78. The van der Waals surface area contributed by atoms with Gasteiger partial charge in [-0.1, -0.05) is 0 Å². The number of halogens is 1. The van der Waals surface area contributed by atoms with Crippen molar-refractivity contribution < 1.29 is 19.0 Å². The molecule has 162 valence electrons. The zero-order valence-corrected chi connectivity index (χ0v) is 17.3. The summed E-state index contributed by atoms with van der Waals surface area (Å²) in [4.78, 5) is 15.4. The fraction of sp³-hybridized carbons (Fsp3) is 0.708. The molecule has 6 heteroatoms. The average molecular weight is 415 g/mol. The Hall–Kier alpha value is -1.82. The molecule has 0 radical (unpaired) electrons. The van der Waals surface area contributed by atoms with Crippen LogP contribution < -0.4 is 10.1 Å². The van der Waals surface area contributed by atoms with Crippen LogP contribution in [0.3, 0.4) is 0 Å². The largest absolute Gasteiger partial charge is 0.490 e. The number of aliphatic hydroxyl groups is 1. The Morgan fingerprint density at radius 1 is 1.03 bits per heavy atom. The van der Waals surface area contributed by atoms with E-state index in [2.05, 4.69) is 10.2 Å². The zero-order chi connectivity index (χ0) is 20.5. The van der Waals surface area contributed by atoms with Crippen LogP contribution in [0.2, 0.25) is 0 Å². The van der Waals surface area contributed by atoms with E-state index in [4.69, 9.17) is 4.74 Å². The molecular formula is C24H31FN2O3. The van der Waals surface area contributed by atoms with Crippen LogP contribution in [0.15, 0.2) is 24.3 Å². The van der Waals surface area contributed by atoms with Crippen LogP contribution in [0.1, 0.15) is 57.8 Å². The number of carbonyl (C=O) groups is 1. The van der Waals surface area contributed by atoms with Crippen molar-refractivity contribution in [3.8, 4) is 5.75 Å². The minimum absolute atomic E-state index is 0.0763. The molecule has 0 spiro atoms. The van der Waals surface area contributed by atoms with E-state index in [-0.39, 0.29) is 36.1 Å². The van der Waals surface area contributed by atoms with Gasteiger partial charge in [0.05, 0.1) is 5.60 Å². The third kappa shape index (κ3) is 3.19. The highest BCUT2D eigenvalue weighted by atomic mass is 19.1. The Morgan fingerprint density at radius 2 is 1.67 bits per heavy atom. The zero-order valence-electron chi connectivity index (χ0n) is 17.3. The average Bonchev–Trinajstić information content (AvgIpc) is 2.96. The van der Waals surface area contributed by atoms with E-state index in [9.17, 15) is 14.3 Å². The molecule has 4 saturated carbocycles. The smallest absolute Gasteiger partial charge is 0.318 e. The van der Waals surface area contributed by atoms with E-state index >= 15 is 0 Å². The van der Waals surface area contributed by atoms with E-state index in [0.717, 1.165) is 57.8 Å². The highest BCUT2D eigenvalue weighted by Gasteiger charge is 2.55. The molecule has 6 fully saturated rings. The number of nitrogens with one attached hydrogen (secondary N) is 1. The van der Waals surface area contributed by atoms with Crippen molar-refractivity contribution in [3.63, 3.8) is 0 Å². The number of hydrogen-bond acceptors (Lipinski definition) is 3. The lowest BCUT2D eigenvalue weighted by atomic mass is 9.52. The molecule has 30 heavy (non-hydrogen) atoms. The first-order chi connectivity index (χ1) is 14.5. The molecule has 2 saturated heterocycles. The van der Waals surface area contributed by atoms with Gasteiger partial charge in [-0.15, -0.1) is 0 Å². The fourth-order valence-corrected chi connectivity index (χ4v) is 7.69. The molecule has 7 rings (SSSR count). The van der Waals surface area contributed by atoms with Gasteiger partial charge in [-0.3, -0.25) is 0 Å². The monoisotopic (exact) mass is 414 g/mol. The summed E-state index contributed by atoms with van der Waals surface area (Å²) in [6.45, 7) is 0. The molecule has 2 heterocycles. The summed E-state index contributed by atoms with van der Waals surface area (Å²) >= 11 is 0. The van der Waals surface area contributed by atoms with Crippen molar-refractivity contribution in [3.05, 3.63) is 30.1 Å². The minimum atomic E-state index is -0.465. The summed E-state index contributed by atoms with van der Waals surface area (Å²) in [5, 5.41) is 14.2. The third-order valence-electron chi connectivity index (χ3n) is 8.57. The Bertz CT molecular complexity index is 800. The molecule has 6 bridgehead atoms. The molecule has 0 aromatic heterocycles. The Morgan fingerprint density at radius 3 is 2.27 bits per heavy atom. The maximum Gasteiger partial charge on any atom is 0.318 e. The van der Waals surface area contributed by atoms with Gasteiger partial charge in [0, 0.05) is 31.0 Å². The van der Waals surface area contributed by atoms with Crippen LogP contribution in [0.25, 0.3) is 0 Å². The van der Waals surface area contributed by atoms with Gasteiger partial charge in [-0.2, -0.15) is 0 Å². The van der Waals surface area contributed by atoms with Gasteiger partial charge in [-0.05, 0) is 87.0 Å². The van der Waals surface area contributed by atoms with E-state index in [0.29, 0.717) is 23.5 Å². The van der Waals surface area contributed by atoms with Gasteiger partial charge < -0.3 is 20.1 Å². The van der Waals surface area contributed by atoms with Crippen LogP contribution in [0.5, 0.6) is 5.75 Å². The van der Waals surface area contributed by atoms with Crippen molar-refractivity contribution in [1.29, 1.82) is 0 Å². The molecule has 2 N–H and O–H groups in total. The summed E-state index contributed by atoms with van der Waals surface area (Å²) < 4.78 is 19.2. The van der Waals surface area contributed by atoms with E-state index in [1.165, 1.54) is 12.1 Å². The van der Waals surface area contributed by atoms with Gasteiger partial charge in [0.15, 0.2) is 0 Å². The highest BCUT2D eigenvalue weighted by Crippen LogP contribution is 2.55. The number of rotatable bonds is 3. The van der Waals surface area contributed by atoms with Crippen molar-refractivity contribution in [2.24, 2.45) is 17.8 Å². The number of urea groups is 1. The second kappa shape index (κ2) is 6.84. The maximum absolute atomic E-state index is 13.3. The van der Waals surface area contributed by atoms with E-state index < -0.39 is 5.60 Å². The second-order valence-corrected chi connectivity index (χ2v) is 10.6. The quantitative estimate of drug-likeness (QED) is 0.790. The molecule has 5 nitrogen and oxygen atoms in total. The second-order valence-electron chi connectivity index (χ2n) is 10.6. The summed E-state index contributed by atoms with van der Waals surface area (Å²) in [5.74, 6) is 1.96. The first kappa shape index (κ1) is 18.9. The molecular weight excluding hydrogens is 383 g/mol. The summed E-state index contributed by atoms with van der Waals surface area (Å²) in [5.41, 5.74) is -0.465. The fourth-order valence-electron chi connectivity index (χ4n) is 7.69. The molecule has 1 aromatic carbocycles. The number of amides is 2. The third-order valence-corrected chi connectivity index (χ3v) is 8.57. The lowest BCUT2D eigenvalue weighted by Crippen LogP contribution is -2.64. The van der Waals surface area contributed by atoms with Gasteiger partial charge in [0.25, 0.3) is 0 Å². The van der Waals surface area contributed by atoms with Crippen LogP contribution >= 0.6 is 0 Å². The molecule has 2 amide bonds. The molecule has 4 unspecified atom stereocenters. The predicted octanol–water partition coefficient (Wildman–Crippen LogP) is 3.85. The maximum atomic E-state index is 13.3. The topological polar surface area (TPSA) is 61.8 Å². The van der Waals surface area contributed by atoms with Crippen molar-refractivity contribution >= 4 is 6.03 Å². The minimum Gasteiger partial charge on any atom is -0.490 e. The molecule has 4 aliphatic carbocycles. The van der Waals surface area contributed by atoms with Crippen LogP contribution in [-0.2, 0) is 0 Å². The van der Waals surface area contributed by atoms with Gasteiger partial charge in [-0.25, -0.2) is 9.18 Å².